The monoisotopic (exact) mass is 253 g/mol. The molecule has 0 aromatic heterocycles. The smallest absolute Gasteiger partial charge is 0.130 e. The summed E-state index contributed by atoms with van der Waals surface area (Å²) in [7, 11) is 1.55. The summed E-state index contributed by atoms with van der Waals surface area (Å²) in [6, 6.07) is 5.11. The summed E-state index contributed by atoms with van der Waals surface area (Å²) in [4.78, 5) is 0. The average Bonchev–Trinajstić information content (AvgIpc) is 2.38. The van der Waals surface area contributed by atoms with Gasteiger partial charge in [-0.15, -0.1) is 0 Å². The summed E-state index contributed by atoms with van der Waals surface area (Å²) < 4.78 is 19.0. The van der Waals surface area contributed by atoms with Crippen molar-refractivity contribution in [3.63, 3.8) is 0 Å². The Balaban J connectivity index is 2.67. The van der Waals surface area contributed by atoms with E-state index in [1.165, 1.54) is 6.07 Å². The molecule has 0 fully saturated rings. The summed E-state index contributed by atoms with van der Waals surface area (Å²) in [5.41, 5.74) is 0.765. The minimum atomic E-state index is -0.177. The molecule has 3 heteroatoms. The van der Waals surface area contributed by atoms with E-state index in [-0.39, 0.29) is 11.7 Å². The molecule has 0 aliphatic heterocycles. The molecule has 0 spiro atoms. The lowest BCUT2D eigenvalue weighted by Gasteiger charge is -2.21. The Hall–Kier alpha value is -1.09. The maximum atomic E-state index is 13.9. The number of methoxy groups -OCH3 is 1. The van der Waals surface area contributed by atoms with Crippen molar-refractivity contribution in [2.24, 2.45) is 5.92 Å². The molecule has 0 saturated heterocycles. The number of benzene rings is 1. The van der Waals surface area contributed by atoms with Gasteiger partial charge in [0.15, 0.2) is 0 Å². The molecule has 1 rings (SSSR count). The van der Waals surface area contributed by atoms with Gasteiger partial charge in [0, 0.05) is 6.07 Å². The Morgan fingerprint density at radius 2 is 2.06 bits per heavy atom. The van der Waals surface area contributed by atoms with Gasteiger partial charge in [-0.2, -0.15) is 0 Å². The van der Waals surface area contributed by atoms with Crippen LogP contribution in [-0.2, 0) is 0 Å². The zero-order valence-corrected chi connectivity index (χ0v) is 11.8. The van der Waals surface area contributed by atoms with Gasteiger partial charge in [0.2, 0.25) is 0 Å². The maximum absolute atomic E-state index is 13.9. The van der Waals surface area contributed by atoms with Gasteiger partial charge in [-0.25, -0.2) is 4.39 Å². The second kappa shape index (κ2) is 7.37. The molecular weight excluding hydrogens is 229 g/mol. The van der Waals surface area contributed by atoms with Crippen LogP contribution in [0.25, 0.3) is 0 Å². The van der Waals surface area contributed by atoms with Gasteiger partial charge in [-0.05, 0) is 43.0 Å². The van der Waals surface area contributed by atoms with Gasteiger partial charge in [-0.1, -0.05) is 26.8 Å². The van der Waals surface area contributed by atoms with Crippen molar-refractivity contribution in [1.82, 2.24) is 5.32 Å². The van der Waals surface area contributed by atoms with Crippen molar-refractivity contribution in [3.8, 4) is 5.75 Å². The highest BCUT2D eigenvalue weighted by molar-refractivity contribution is 5.31. The van der Waals surface area contributed by atoms with Crippen LogP contribution >= 0.6 is 0 Å². The number of ether oxygens (including phenoxy) is 1. The lowest BCUT2D eigenvalue weighted by atomic mass is 9.88. The summed E-state index contributed by atoms with van der Waals surface area (Å²) in [6.07, 6.45) is 1.12. The molecule has 1 N–H and O–H groups in total. The van der Waals surface area contributed by atoms with E-state index in [0.29, 0.717) is 11.7 Å². The molecule has 0 saturated carbocycles. The molecule has 0 radical (unpaired) electrons. The molecule has 0 heterocycles. The molecule has 0 aliphatic carbocycles. The summed E-state index contributed by atoms with van der Waals surface area (Å²) in [5.74, 6) is 0.990. The van der Waals surface area contributed by atoms with Crippen LogP contribution in [0.15, 0.2) is 18.2 Å². The zero-order valence-electron chi connectivity index (χ0n) is 11.8. The second-order valence-electron chi connectivity index (χ2n) is 4.86. The van der Waals surface area contributed by atoms with Gasteiger partial charge in [0.25, 0.3) is 0 Å². The molecule has 0 bridgehead atoms. The summed E-state index contributed by atoms with van der Waals surface area (Å²) in [6.45, 7) is 8.30. The first kappa shape index (κ1) is 15.0. The quantitative estimate of drug-likeness (QED) is 0.750. The van der Waals surface area contributed by atoms with Crippen LogP contribution in [-0.4, -0.2) is 20.2 Å². The van der Waals surface area contributed by atoms with Crippen molar-refractivity contribution < 1.29 is 9.13 Å². The van der Waals surface area contributed by atoms with E-state index in [4.69, 9.17) is 4.74 Å². The molecule has 1 aromatic carbocycles. The molecule has 2 atom stereocenters. The van der Waals surface area contributed by atoms with Crippen LogP contribution < -0.4 is 10.1 Å². The van der Waals surface area contributed by atoms with E-state index in [2.05, 4.69) is 26.1 Å². The van der Waals surface area contributed by atoms with Gasteiger partial charge >= 0.3 is 0 Å². The van der Waals surface area contributed by atoms with Crippen LogP contribution in [0.4, 0.5) is 4.39 Å². The van der Waals surface area contributed by atoms with Crippen molar-refractivity contribution in [1.29, 1.82) is 0 Å². The lowest BCUT2D eigenvalue weighted by Crippen LogP contribution is -2.25. The zero-order chi connectivity index (χ0) is 13.5. The average molecular weight is 253 g/mol. The highest BCUT2D eigenvalue weighted by atomic mass is 19.1. The Labute approximate surface area is 110 Å². The summed E-state index contributed by atoms with van der Waals surface area (Å²) >= 11 is 0. The Bertz CT molecular complexity index is 368. The maximum Gasteiger partial charge on any atom is 0.130 e. The van der Waals surface area contributed by atoms with Crippen molar-refractivity contribution in [3.05, 3.63) is 29.6 Å². The highest BCUT2D eigenvalue weighted by Gasteiger charge is 2.17. The standard InChI is InChI=1S/C15H24FNO/c1-5-8-17-10-11(2)12(3)14-7-6-13(18-4)9-15(14)16/h6-7,9,11-12,17H,5,8,10H2,1-4H3. The van der Waals surface area contributed by atoms with E-state index in [1.807, 2.05) is 12.1 Å². The molecule has 1 aromatic rings. The molecular formula is C15H24FNO. The Morgan fingerprint density at radius 3 is 2.61 bits per heavy atom. The third-order valence-corrected chi connectivity index (χ3v) is 3.44. The summed E-state index contributed by atoms with van der Waals surface area (Å²) in [5, 5.41) is 3.38. The van der Waals surface area contributed by atoms with Gasteiger partial charge < -0.3 is 10.1 Å². The third kappa shape index (κ3) is 3.98. The largest absolute Gasteiger partial charge is 0.497 e. The predicted molar refractivity (Wildman–Crippen MR) is 73.7 cm³/mol. The van der Waals surface area contributed by atoms with Crippen LogP contribution in [0, 0.1) is 11.7 Å². The molecule has 102 valence electrons. The number of hydrogen-bond acceptors (Lipinski definition) is 2. The van der Waals surface area contributed by atoms with E-state index in [9.17, 15) is 4.39 Å². The van der Waals surface area contributed by atoms with E-state index < -0.39 is 0 Å². The van der Waals surface area contributed by atoms with E-state index in [1.54, 1.807) is 7.11 Å². The molecule has 0 aliphatic rings. The third-order valence-electron chi connectivity index (χ3n) is 3.44. The fourth-order valence-corrected chi connectivity index (χ4v) is 1.99. The minimum absolute atomic E-state index is 0.177. The van der Waals surface area contributed by atoms with Crippen LogP contribution in [0.2, 0.25) is 0 Å². The normalized spacial score (nSPS) is 14.3. The lowest BCUT2D eigenvalue weighted by molar-refractivity contribution is 0.406. The highest BCUT2D eigenvalue weighted by Crippen LogP contribution is 2.28. The van der Waals surface area contributed by atoms with Gasteiger partial charge in [-0.3, -0.25) is 0 Å². The first-order valence-corrected chi connectivity index (χ1v) is 6.64. The van der Waals surface area contributed by atoms with Crippen LogP contribution in [0.3, 0.4) is 0 Å². The van der Waals surface area contributed by atoms with E-state index in [0.717, 1.165) is 25.1 Å². The van der Waals surface area contributed by atoms with E-state index >= 15 is 0 Å². The first-order chi connectivity index (χ1) is 8.60. The fraction of sp³-hybridized carbons (Fsp3) is 0.600. The Morgan fingerprint density at radius 1 is 1.33 bits per heavy atom. The molecule has 2 nitrogen and oxygen atoms in total. The van der Waals surface area contributed by atoms with Gasteiger partial charge in [0.05, 0.1) is 7.11 Å². The number of halogens is 1. The van der Waals surface area contributed by atoms with Crippen LogP contribution in [0.1, 0.15) is 38.7 Å². The molecule has 0 amide bonds. The van der Waals surface area contributed by atoms with Gasteiger partial charge in [0.1, 0.15) is 11.6 Å². The first-order valence-electron chi connectivity index (χ1n) is 6.64. The van der Waals surface area contributed by atoms with Crippen molar-refractivity contribution in [2.75, 3.05) is 20.2 Å². The second-order valence-corrected chi connectivity index (χ2v) is 4.86. The van der Waals surface area contributed by atoms with Crippen LogP contribution in [0.5, 0.6) is 5.75 Å². The number of rotatable bonds is 7. The molecule has 2 unspecified atom stereocenters. The number of nitrogens with one attached hydrogen (secondary N) is 1. The van der Waals surface area contributed by atoms with Crippen molar-refractivity contribution >= 4 is 0 Å². The SMILES string of the molecule is CCCNCC(C)C(C)c1ccc(OC)cc1F. The topological polar surface area (TPSA) is 21.3 Å². The Kier molecular flexibility index (Phi) is 6.13. The predicted octanol–water partition coefficient (Wildman–Crippen LogP) is 3.57. The minimum Gasteiger partial charge on any atom is -0.497 e. The molecule has 18 heavy (non-hydrogen) atoms. The van der Waals surface area contributed by atoms with Crippen molar-refractivity contribution in [2.45, 2.75) is 33.1 Å². The fourth-order valence-electron chi connectivity index (χ4n) is 1.99. The number of hydrogen-bond donors (Lipinski definition) is 1.